The molecule has 1 amide bonds. The summed E-state index contributed by atoms with van der Waals surface area (Å²) in [5.74, 6) is 0.466. The molecular formula is C17H26N2O4. The number of nitrogens with one attached hydrogen (secondary N) is 1. The van der Waals surface area contributed by atoms with Crippen molar-refractivity contribution in [1.82, 2.24) is 4.98 Å². The van der Waals surface area contributed by atoms with Crippen LogP contribution >= 0.6 is 0 Å². The number of hydrogen-bond acceptors (Lipinski definition) is 5. The average molecular weight is 322 g/mol. The van der Waals surface area contributed by atoms with Gasteiger partial charge in [-0.1, -0.05) is 0 Å². The molecule has 0 aliphatic heterocycles. The second kappa shape index (κ2) is 8.26. The van der Waals surface area contributed by atoms with E-state index in [0.717, 1.165) is 31.2 Å². The average Bonchev–Trinajstić information content (AvgIpc) is 3.03. The van der Waals surface area contributed by atoms with E-state index in [1.165, 1.54) is 0 Å². The number of methoxy groups -OCH3 is 1. The Morgan fingerprint density at radius 3 is 2.70 bits per heavy atom. The molecule has 6 nitrogen and oxygen atoms in total. The second-order valence-electron chi connectivity index (χ2n) is 5.75. The number of carbonyl (C=O) groups excluding carboxylic acids is 1. The summed E-state index contributed by atoms with van der Waals surface area (Å²) >= 11 is 0. The van der Waals surface area contributed by atoms with E-state index < -0.39 is 5.60 Å². The number of aryl methyl sites for hydroxylation is 1. The molecule has 1 aliphatic carbocycles. The van der Waals surface area contributed by atoms with E-state index >= 15 is 0 Å². The summed E-state index contributed by atoms with van der Waals surface area (Å²) in [6.45, 7) is 5.51. The summed E-state index contributed by atoms with van der Waals surface area (Å²) in [6, 6.07) is 1.86. The molecule has 1 aromatic rings. The van der Waals surface area contributed by atoms with Gasteiger partial charge in [0.05, 0.1) is 18.5 Å². The first kappa shape index (κ1) is 17.7. The zero-order valence-corrected chi connectivity index (χ0v) is 14.2. The Morgan fingerprint density at radius 1 is 1.35 bits per heavy atom. The van der Waals surface area contributed by atoms with E-state index in [2.05, 4.69) is 10.3 Å². The zero-order chi connectivity index (χ0) is 16.7. The minimum atomic E-state index is -0.694. The molecule has 128 valence electrons. The summed E-state index contributed by atoms with van der Waals surface area (Å²) in [4.78, 5) is 16.8. The molecule has 0 bridgehead atoms. The second-order valence-corrected chi connectivity index (χ2v) is 5.75. The van der Waals surface area contributed by atoms with Gasteiger partial charge in [0.1, 0.15) is 12.2 Å². The van der Waals surface area contributed by atoms with Crippen molar-refractivity contribution in [2.45, 2.75) is 45.1 Å². The standard InChI is InChI=1S/C17H26N2O4/c1-4-22-9-10-23-15-13(2)11-14(12-18-15)19-16(20)17(21-3)7-5-6-8-17/h11-12H,4-10H2,1-3H3,(H,19,20). The number of hydrogen-bond donors (Lipinski definition) is 1. The maximum absolute atomic E-state index is 12.5. The summed E-state index contributed by atoms with van der Waals surface area (Å²) in [5, 5.41) is 2.91. The van der Waals surface area contributed by atoms with Crippen LogP contribution in [-0.2, 0) is 14.3 Å². The first-order valence-electron chi connectivity index (χ1n) is 8.15. The van der Waals surface area contributed by atoms with Crippen molar-refractivity contribution in [1.29, 1.82) is 0 Å². The number of ether oxygens (including phenoxy) is 3. The van der Waals surface area contributed by atoms with Gasteiger partial charge >= 0.3 is 0 Å². The van der Waals surface area contributed by atoms with Gasteiger partial charge < -0.3 is 19.5 Å². The lowest BCUT2D eigenvalue weighted by Gasteiger charge is -2.26. The SMILES string of the molecule is CCOCCOc1ncc(NC(=O)C2(OC)CCCC2)cc1C. The lowest BCUT2D eigenvalue weighted by Crippen LogP contribution is -2.42. The molecule has 1 aromatic heterocycles. The molecule has 6 heteroatoms. The molecule has 1 heterocycles. The van der Waals surface area contributed by atoms with Crippen LogP contribution in [0, 0.1) is 6.92 Å². The van der Waals surface area contributed by atoms with Gasteiger partial charge in [0.25, 0.3) is 5.91 Å². The molecule has 0 aromatic carbocycles. The first-order valence-corrected chi connectivity index (χ1v) is 8.15. The van der Waals surface area contributed by atoms with Crippen LogP contribution in [0.2, 0.25) is 0 Å². The fourth-order valence-electron chi connectivity index (χ4n) is 2.84. The first-order chi connectivity index (χ1) is 11.1. The number of carbonyl (C=O) groups is 1. The Morgan fingerprint density at radius 2 is 2.09 bits per heavy atom. The van der Waals surface area contributed by atoms with Gasteiger partial charge in [-0.15, -0.1) is 0 Å². The van der Waals surface area contributed by atoms with Gasteiger partial charge in [-0.2, -0.15) is 0 Å². The number of amides is 1. The Balaban J connectivity index is 1.96. The van der Waals surface area contributed by atoms with Crippen molar-refractivity contribution in [3.05, 3.63) is 17.8 Å². The van der Waals surface area contributed by atoms with Crippen LogP contribution in [0.25, 0.3) is 0 Å². The Bertz CT molecular complexity index is 527. The molecule has 1 fully saturated rings. The third-order valence-electron chi connectivity index (χ3n) is 4.17. The predicted octanol–water partition coefficient (Wildman–Crippen LogP) is 2.70. The van der Waals surface area contributed by atoms with Gasteiger partial charge in [0.15, 0.2) is 0 Å². The van der Waals surface area contributed by atoms with E-state index in [-0.39, 0.29) is 5.91 Å². The zero-order valence-electron chi connectivity index (χ0n) is 14.2. The summed E-state index contributed by atoms with van der Waals surface area (Å²) in [7, 11) is 1.60. The van der Waals surface area contributed by atoms with Gasteiger partial charge in [-0.3, -0.25) is 4.79 Å². The molecule has 0 atom stereocenters. The summed E-state index contributed by atoms with van der Waals surface area (Å²) < 4.78 is 16.3. The van der Waals surface area contributed by atoms with Crippen LogP contribution in [-0.4, -0.2) is 43.4 Å². The van der Waals surface area contributed by atoms with Gasteiger partial charge in [-0.25, -0.2) is 4.98 Å². The molecule has 2 rings (SSSR count). The minimum absolute atomic E-state index is 0.0938. The Kier molecular flexibility index (Phi) is 6.36. The van der Waals surface area contributed by atoms with Crippen LogP contribution in [0.1, 0.15) is 38.2 Å². The van der Waals surface area contributed by atoms with Gasteiger partial charge in [-0.05, 0) is 45.6 Å². The van der Waals surface area contributed by atoms with E-state index in [9.17, 15) is 4.79 Å². The maximum atomic E-state index is 12.5. The molecule has 1 N–H and O–H groups in total. The fourth-order valence-corrected chi connectivity index (χ4v) is 2.84. The van der Waals surface area contributed by atoms with E-state index in [4.69, 9.17) is 14.2 Å². The third-order valence-corrected chi connectivity index (χ3v) is 4.17. The van der Waals surface area contributed by atoms with Crippen molar-refractivity contribution >= 4 is 11.6 Å². The highest BCUT2D eigenvalue weighted by Crippen LogP contribution is 2.34. The minimum Gasteiger partial charge on any atom is -0.475 e. The monoisotopic (exact) mass is 322 g/mol. The smallest absolute Gasteiger partial charge is 0.256 e. The molecule has 0 saturated heterocycles. The quantitative estimate of drug-likeness (QED) is 0.745. The third kappa shape index (κ3) is 4.42. The number of rotatable bonds is 8. The number of aromatic nitrogens is 1. The molecule has 23 heavy (non-hydrogen) atoms. The van der Waals surface area contributed by atoms with Crippen molar-refractivity contribution in [2.24, 2.45) is 0 Å². The van der Waals surface area contributed by atoms with Gasteiger partial charge in [0.2, 0.25) is 5.88 Å². The topological polar surface area (TPSA) is 69.7 Å². The van der Waals surface area contributed by atoms with Crippen molar-refractivity contribution in [2.75, 3.05) is 32.2 Å². The van der Waals surface area contributed by atoms with Crippen LogP contribution in [0.15, 0.2) is 12.3 Å². The maximum Gasteiger partial charge on any atom is 0.256 e. The Hall–Kier alpha value is -1.66. The Labute approximate surface area is 137 Å². The predicted molar refractivity (Wildman–Crippen MR) is 87.8 cm³/mol. The molecule has 0 unspecified atom stereocenters. The van der Waals surface area contributed by atoms with E-state index in [1.807, 2.05) is 19.9 Å². The highest BCUT2D eigenvalue weighted by atomic mass is 16.5. The lowest BCUT2D eigenvalue weighted by molar-refractivity contribution is -0.137. The van der Waals surface area contributed by atoms with Crippen molar-refractivity contribution < 1.29 is 19.0 Å². The summed E-state index contributed by atoms with van der Waals surface area (Å²) in [6.07, 6.45) is 5.18. The van der Waals surface area contributed by atoms with Gasteiger partial charge in [0, 0.05) is 19.3 Å². The highest BCUT2D eigenvalue weighted by molar-refractivity contribution is 5.97. The molecule has 1 aliphatic rings. The van der Waals surface area contributed by atoms with Crippen molar-refractivity contribution in [3.8, 4) is 5.88 Å². The fraction of sp³-hybridized carbons (Fsp3) is 0.647. The summed E-state index contributed by atoms with van der Waals surface area (Å²) in [5.41, 5.74) is 0.839. The normalized spacial score (nSPS) is 16.3. The number of nitrogens with zero attached hydrogens (tertiary/aromatic N) is 1. The van der Waals surface area contributed by atoms with E-state index in [1.54, 1.807) is 13.3 Å². The molecule has 0 spiro atoms. The molecular weight excluding hydrogens is 296 g/mol. The van der Waals surface area contributed by atoms with Crippen LogP contribution < -0.4 is 10.1 Å². The lowest BCUT2D eigenvalue weighted by atomic mass is 10.0. The molecule has 0 radical (unpaired) electrons. The van der Waals surface area contributed by atoms with Crippen LogP contribution in [0.3, 0.4) is 0 Å². The van der Waals surface area contributed by atoms with Crippen LogP contribution in [0.5, 0.6) is 5.88 Å². The highest BCUT2D eigenvalue weighted by Gasteiger charge is 2.41. The molecule has 1 saturated carbocycles. The number of pyridine rings is 1. The van der Waals surface area contributed by atoms with Crippen LogP contribution in [0.4, 0.5) is 5.69 Å². The van der Waals surface area contributed by atoms with E-state index in [0.29, 0.717) is 31.4 Å². The number of anilines is 1. The van der Waals surface area contributed by atoms with Crippen molar-refractivity contribution in [3.63, 3.8) is 0 Å². The largest absolute Gasteiger partial charge is 0.475 e.